The highest BCUT2D eigenvalue weighted by Gasteiger charge is 2.25. The number of rotatable bonds is 8. The molecule has 0 bridgehead atoms. The van der Waals surface area contributed by atoms with E-state index in [4.69, 9.17) is 0 Å². The Balaban J connectivity index is 1.28. The number of piperazine rings is 1. The SMILES string of the molecule is Cc1ccc(CSCCNC(=O)C[NH+]2CCN(C(=O)c3ccccc3)CC2)cc1. The van der Waals surface area contributed by atoms with Crippen molar-refractivity contribution in [3.63, 3.8) is 0 Å². The average molecular weight is 413 g/mol. The molecular weight excluding hydrogens is 382 g/mol. The highest BCUT2D eigenvalue weighted by molar-refractivity contribution is 7.98. The minimum absolute atomic E-state index is 0.0831. The van der Waals surface area contributed by atoms with E-state index in [1.807, 2.05) is 47.0 Å². The molecular formula is C23H30N3O2S+. The van der Waals surface area contributed by atoms with E-state index in [9.17, 15) is 9.59 Å². The molecule has 2 N–H and O–H groups in total. The van der Waals surface area contributed by atoms with Crippen LogP contribution in [-0.2, 0) is 10.5 Å². The van der Waals surface area contributed by atoms with Crippen LogP contribution in [0.4, 0.5) is 0 Å². The third-order valence-corrected chi connectivity index (χ3v) is 6.18. The standard InChI is InChI=1S/C23H29N3O2S/c1-19-7-9-20(10-8-19)18-29-16-11-24-22(27)17-25-12-14-26(15-13-25)23(28)21-5-3-2-4-6-21/h2-10H,11-18H2,1H3,(H,24,27)/p+1. The molecule has 1 fully saturated rings. The summed E-state index contributed by atoms with van der Waals surface area (Å²) in [6.45, 7) is 6.29. The molecule has 0 aromatic heterocycles. The van der Waals surface area contributed by atoms with Crippen molar-refractivity contribution in [1.29, 1.82) is 0 Å². The van der Waals surface area contributed by atoms with E-state index in [1.165, 1.54) is 16.0 Å². The second kappa shape index (κ2) is 11.0. The van der Waals surface area contributed by atoms with Gasteiger partial charge in [0.25, 0.3) is 11.8 Å². The Bertz CT molecular complexity index is 788. The van der Waals surface area contributed by atoms with Crippen LogP contribution < -0.4 is 10.2 Å². The number of carbonyl (C=O) groups excluding carboxylic acids is 2. The van der Waals surface area contributed by atoms with Gasteiger partial charge in [0.05, 0.1) is 26.2 Å². The number of quaternary nitrogens is 1. The quantitative estimate of drug-likeness (QED) is 0.645. The molecule has 1 heterocycles. The van der Waals surface area contributed by atoms with Gasteiger partial charge in [-0.25, -0.2) is 0 Å². The second-order valence-electron chi connectivity index (χ2n) is 7.47. The summed E-state index contributed by atoms with van der Waals surface area (Å²) in [4.78, 5) is 27.8. The van der Waals surface area contributed by atoms with Gasteiger partial charge in [-0.3, -0.25) is 9.59 Å². The molecule has 0 radical (unpaired) electrons. The summed E-state index contributed by atoms with van der Waals surface area (Å²) in [6, 6.07) is 18.0. The molecule has 3 rings (SSSR count). The zero-order chi connectivity index (χ0) is 20.5. The average Bonchev–Trinajstić information content (AvgIpc) is 2.75. The number of hydrogen-bond acceptors (Lipinski definition) is 3. The fourth-order valence-corrected chi connectivity index (χ4v) is 4.21. The van der Waals surface area contributed by atoms with E-state index in [0.29, 0.717) is 26.2 Å². The van der Waals surface area contributed by atoms with Crippen molar-refractivity contribution >= 4 is 23.6 Å². The third-order valence-electron chi connectivity index (χ3n) is 5.15. The van der Waals surface area contributed by atoms with Crippen LogP contribution in [-0.4, -0.2) is 61.7 Å². The summed E-state index contributed by atoms with van der Waals surface area (Å²) in [5.74, 6) is 2.06. The maximum absolute atomic E-state index is 12.5. The van der Waals surface area contributed by atoms with E-state index in [1.54, 1.807) is 0 Å². The molecule has 0 unspecified atom stereocenters. The summed E-state index contributed by atoms with van der Waals surface area (Å²) in [5.41, 5.74) is 3.33. The lowest BCUT2D eigenvalue weighted by molar-refractivity contribution is -0.896. The van der Waals surface area contributed by atoms with E-state index >= 15 is 0 Å². The largest absolute Gasteiger partial charge is 0.350 e. The van der Waals surface area contributed by atoms with Crippen LogP contribution in [0, 0.1) is 6.92 Å². The summed E-state index contributed by atoms with van der Waals surface area (Å²) in [5, 5.41) is 3.02. The van der Waals surface area contributed by atoms with Gasteiger partial charge >= 0.3 is 0 Å². The fourth-order valence-electron chi connectivity index (χ4n) is 3.39. The normalized spacial score (nSPS) is 14.6. The van der Waals surface area contributed by atoms with Gasteiger partial charge in [-0.2, -0.15) is 11.8 Å². The first-order chi connectivity index (χ1) is 14.1. The molecule has 1 aliphatic heterocycles. The summed E-state index contributed by atoms with van der Waals surface area (Å²) < 4.78 is 0. The lowest BCUT2D eigenvalue weighted by Crippen LogP contribution is -3.15. The minimum atomic E-state index is 0.0831. The Morgan fingerprint density at radius 1 is 1.03 bits per heavy atom. The first kappa shape index (κ1) is 21.4. The van der Waals surface area contributed by atoms with Crippen molar-refractivity contribution in [1.82, 2.24) is 10.2 Å². The number of thioether (sulfide) groups is 1. The van der Waals surface area contributed by atoms with Crippen molar-refractivity contribution in [3.05, 3.63) is 71.3 Å². The number of aryl methyl sites for hydroxylation is 1. The number of benzene rings is 2. The van der Waals surface area contributed by atoms with Crippen LogP contribution in [0.1, 0.15) is 21.5 Å². The zero-order valence-corrected chi connectivity index (χ0v) is 17.8. The molecule has 0 saturated carbocycles. The highest BCUT2D eigenvalue weighted by atomic mass is 32.2. The summed E-state index contributed by atoms with van der Waals surface area (Å²) >= 11 is 1.84. The molecule has 1 saturated heterocycles. The maximum Gasteiger partial charge on any atom is 0.275 e. The molecule has 5 nitrogen and oxygen atoms in total. The molecule has 6 heteroatoms. The molecule has 2 aromatic carbocycles. The van der Waals surface area contributed by atoms with Gasteiger partial charge < -0.3 is 15.1 Å². The van der Waals surface area contributed by atoms with Crippen molar-refractivity contribution in [2.45, 2.75) is 12.7 Å². The second-order valence-corrected chi connectivity index (χ2v) is 8.58. The number of carbonyl (C=O) groups is 2. The predicted molar refractivity (Wildman–Crippen MR) is 118 cm³/mol. The van der Waals surface area contributed by atoms with Crippen molar-refractivity contribution in [3.8, 4) is 0 Å². The highest BCUT2D eigenvalue weighted by Crippen LogP contribution is 2.12. The number of hydrogen-bond donors (Lipinski definition) is 2. The van der Waals surface area contributed by atoms with E-state index in [0.717, 1.165) is 30.2 Å². The Kier molecular flexibility index (Phi) is 8.14. The van der Waals surface area contributed by atoms with Gasteiger partial charge in [0.2, 0.25) is 0 Å². The first-order valence-electron chi connectivity index (χ1n) is 10.2. The Labute approximate surface area is 177 Å². The van der Waals surface area contributed by atoms with Crippen molar-refractivity contribution in [2.24, 2.45) is 0 Å². The van der Waals surface area contributed by atoms with Crippen LogP contribution in [0.15, 0.2) is 54.6 Å². The van der Waals surface area contributed by atoms with Crippen LogP contribution in [0.5, 0.6) is 0 Å². The molecule has 0 atom stereocenters. The molecule has 2 amide bonds. The van der Waals surface area contributed by atoms with E-state index in [2.05, 4.69) is 36.5 Å². The van der Waals surface area contributed by atoms with Crippen molar-refractivity contribution < 1.29 is 14.5 Å². The van der Waals surface area contributed by atoms with Gasteiger partial charge in [-0.05, 0) is 24.6 Å². The zero-order valence-electron chi connectivity index (χ0n) is 17.0. The smallest absolute Gasteiger partial charge is 0.275 e. The van der Waals surface area contributed by atoms with Gasteiger partial charge in [0.1, 0.15) is 0 Å². The molecule has 154 valence electrons. The van der Waals surface area contributed by atoms with Gasteiger partial charge in [-0.1, -0.05) is 48.0 Å². The monoisotopic (exact) mass is 412 g/mol. The molecule has 29 heavy (non-hydrogen) atoms. The third kappa shape index (κ3) is 6.91. The number of nitrogens with one attached hydrogen (secondary N) is 2. The minimum Gasteiger partial charge on any atom is -0.350 e. The topological polar surface area (TPSA) is 53.9 Å². The van der Waals surface area contributed by atoms with Gasteiger partial charge in [-0.15, -0.1) is 0 Å². The van der Waals surface area contributed by atoms with Crippen LogP contribution in [0.3, 0.4) is 0 Å². The van der Waals surface area contributed by atoms with Crippen molar-refractivity contribution in [2.75, 3.05) is 45.0 Å². The predicted octanol–water partition coefficient (Wildman–Crippen LogP) is 1.39. The lowest BCUT2D eigenvalue weighted by Gasteiger charge is -2.32. The fraction of sp³-hybridized carbons (Fsp3) is 0.391. The summed E-state index contributed by atoms with van der Waals surface area (Å²) in [7, 11) is 0. The molecule has 0 spiro atoms. The van der Waals surface area contributed by atoms with E-state index < -0.39 is 0 Å². The Morgan fingerprint density at radius 3 is 2.41 bits per heavy atom. The van der Waals surface area contributed by atoms with Gasteiger partial charge in [0.15, 0.2) is 6.54 Å². The van der Waals surface area contributed by atoms with Gasteiger partial charge in [0, 0.05) is 23.6 Å². The Hall–Kier alpha value is -2.31. The van der Waals surface area contributed by atoms with Crippen LogP contribution in [0.2, 0.25) is 0 Å². The van der Waals surface area contributed by atoms with Crippen LogP contribution >= 0.6 is 11.8 Å². The number of amides is 2. The summed E-state index contributed by atoms with van der Waals surface area (Å²) in [6.07, 6.45) is 0. The molecule has 2 aromatic rings. The first-order valence-corrected chi connectivity index (χ1v) is 11.3. The number of nitrogens with zero attached hydrogens (tertiary/aromatic N) is 1. The molecule has 0 aliphatic carbocycles. The van der Waals surface area contributed by atoms with E-state index in [-0.39, 0.29) is 11.8 Å². The van der Waals surface area contributed by atoms with Crippen LogP contribution in [0.25, 0.3) is 0 Å². The Morgan fingerprint density at radius 2 is 1.72 bits per heavy atom. The molecule has 1 aliphatic rings. The maximum atomic E-state index is 12.5. The lowest BCUT2D eigenvalue weighted by atomic mass is 10.2.